The van der Waals surface area contributed by atoms with Gasteiger partial charge in [-0.3, -0.25) is 0 Å². The van der Waals surface area contributed by atoms with Crippen molar-refractivity contribution < 1.29 is 22.7 Å². The van der Waals surface area contributed by atoms with Crippen molar-refractivity contribution in [3.05, 3.63) is 23.8 Å². The normalized spacial score (nSPS) is 11.0. The van der Waals surface area contributed by atoms with Crippen LogP contribution in [-0.4, -0.2) is 28.1 Å². The first kappa shape index (κ1) is 13.8. The van der Waals surface area contributed by atoms with Gasteiger partial charge in [-0.2, -0.15) is 0 Å². The minimum atomic E-state index is -4.04. The molecule has 0 amide bonds. The molecule has 0 heterocycles. The Bertz CT molecular complexity index is 523. The summed E-state index contributed by atoms with van der Waals surface area (Å²) in [7, 11) is 2.36. The van der Waals surface area contributed by atoms with E-state index in [0.717, 1.165) is 7.11 Å². The maximum atomic E-state index is 11.4. The van der Waals surface area contributed by atoms with Crippen LogP contribution in [0.5, 0.6) is 5.75 Å². The van der Waals surface area contributed by atoms with Crippen LogP contribution in [0.4, 0.5) is 0 Å². The Kier molecular flexibility index (Phi) is 4.36. The van der Waals surface area contributed by atoms with E-state index < -0.39 is 15.0 Å². The van der Waals surface area contributed by atoms with Crippen LogP contribution in [-0.2, 0) is 13.8 Å². The Hall–Kier alpha value is -1.27. The van der Waals surface area contributed by atoms with Gasteiger partial charge in [-0.25, -0.2) is 13.2 Å². The summed E-state index contributed by atoms with van der Waals surface area (Å²) in [6, 6.07) is 3.96. The zero-order valence-electron chi connectivity index (χ0n) is 9.27. The van der Waals surface area contributed by atoms with Crippen molar-refractivity contribution in [2.45, 2.75) is 11.8 Å². The summed E-state index contributed by atoms with van der Waals surface area (Å²) >= 11 is 0. The second-order valence-electron chi connectivity index (χ2n) is 3.02. The molecule has 0 saturated heterocycles. The lowest BCUT2D eigenvalue weighted by Crippen LogP contribution is -2.08. The van der Waals surface area contributed by atoms with Gasteiger partial charge in [0.05, 0.1) is 19.3 Å². The summed E-state index contributed by atoms with van der Waals surface area (Å²) < 4.78 is 32.3. The van der Waals surface area contributed by atoms with Crippen LogP contribution >= 0.6 is 10.7 Å². The largest absolute Gasteiger partial charge is 0.494 e. The van der Waals surface area contributed by atoms with Gasteiger partial charge in [-0.1, -0.05) is 0 Å². The second kappa shape index (κ2) is 5.37. The molecule has 0 fully saturated rings. The van der Waals surface area contributed by atoms with Crippen LogP contribution in [0.25, 0.3) is 0 Å². The lowest BCUT2D eigenvalue weighted by Gasteiger charge is -2.08. The fourth-order valence-electron chi connectivity index (χ4n) is 1.24. The molecule has 94 valence electrons. The van der Waals surface area contributed by atoms with Gasteiger partial charge >= 0.3 is 5.97 Å². The Morgan fingerprint density at radius 1 is 1.41 bits per heavy atom. The van der Waals surface area contributed by atoms with Gasteiger partial charge in [0.15, 0.2) is 0 Å². The summed E-state index contributed by atoms with van der Waals surface area (Å²) in [5.41, 5.74) is -0.119. The van der Waals surface area contributed by atoms with Gasteiger partial charge in [-0.05, 0) is 19.1 Å². The number of carbonyl (C=O) groups is 1. The molecule has 5 nitrogen and oxygen atoms in total. The number of rotatable bonds is 4. The van der Waals surface area contributed by atoms with E-state index in [2.05, 4.69) is 4.74 Å². The molecule has 17 heavy (non-hydrogen) atoms. The Morgan fingerprint density at radius 2 is 2.06 bits per heavy atom. The van der Waals surface area contributed by atoms with Crippen LogP contribution in [0.2, 0.25) is 0 Å². The topological polar surface area (TPSA) is 69.7 Å². The zero-order chi connectivity index (χ0) is 13.1. The molecule has 0 saturated carbocycles. The maximum absolute atomic E-state index is 11.4. The van der Waals surface area contributed by atoms with E-state index >= 15 is 0 Å². The van der Waals surface area contributed by atoms with Crippen LogP contribution in [0, 0.1) is 0 Å². The number of methoxy groups -OCH3 is 1. The van der Waals surface area contributed by atoms with Gasteiger partial charge in [-0.15, -0.1) is 0 Å². The monoisotopic (exact) mass is 278 g/mol. The minimum Gasteiger partial charge on any atom is -0.494 e. The molecule has 0 atom stereocenters. The predicted molar refractivity (Wildman–Crippen MR) is 62.0 cm³/mol. The van der Waals surface area contributed by atoms with Gasteiger partial charge in [0, 0.05) is 16.7 Å². The fourth-order valence-corrected chi connectivity index (χ4v) is 2.29. The first-order chi connectivity index (χ1) is 7.90. The van der Waals surface area contributed by atoms with Gasteiger partial charge in [0.25, 0.3) is 9.05 Å². The van der Waals surface area contributed by atoms with Crippen molar-refractivity contribution in [1.82, 2.24) is 0 Å². The van der Waals surface area contributed by atoms with E-state index in [-0.39, 0.29) is 10.5 Å². The number of hydrogen-bond donors (Lipinski definition) is 0. The predicted octanol–water partition coefficient (Wildman–Crippen LogP) is 1.80. The molecule has 0 aliphatic carbocycles. The molecular weight excluding hydrogens is 268 g/mol. The molecule has 0 unspecified atom stereocenters. The van der Waals surface area contributed by atoms with Gasteiger partial charge < -0.3 is 9.47 Å². The number of esters is 1. The first-order valence-electron chi connectivity index (χ1n) is 4.70. The van der Waals surface area contributed by atoms with Crippen LogP contribution < -0.4 is 4.74 Å². The number of hydrogen-bond acceptors (Lipinski definition) is 5. The highest BCUT2D eigenvalue weighted by Crippen LogP contribution is 2.25. The molecular formula is C10H11ClO5S. The second-order valence-corrected chi connectivity index (χ2v) is 5.55. The van der Waals surface area contributed by atoms with E-state index in [1.165, 1.54) is 18.2 Å². The van der Waals surface area contributed by atoms with E-state index in [1.807, 2.05) is 0 Å². The number of carbonyl (C=O) groups excluding carboxylic acids is 1. The molecule has 0 aromatic heterocycles. The van der Waals surface area contributed by atoms with Gasteiger partial charge in [0.1, 0.15) is 10.6 Å². The average Bonchev–Trinajstić information content (AvgIpc) is 2.27. The average molecular weight is 279 g/mol. The molecule has 0 bridgehead atoms. The smallest absolute Gasteiger partial charge is 0.339 e. The third-order valence-electron chi connectivity index (χ3n) is 1.93. The fraction of sp³-hybridized carbons (Fsp3) is 0.300. The summed E-state index contributed by atoms with van der Waals surface area (Å²) in [5, 5.41) is 0. The minimum absolute atomic E-state index is 0.119. The molecule has 7 heteroatoms. The van der Waals surface area contributed by atoms with E-state index in [1.54, 1.807) is 6.92 Å². The van der Waals surface area contributed by atoms with E-state index in [9.17, 15) is 13.2 Å². The van der Waals surface area contributed by atoms with Crippen molar-refractivity contribution in [2.24, 2.45) is 0 Å². The molecule has 0 aliphatic heterocycles. The summed E-state index contributed by atoms with van der Waals surface area (Å²) in [6.45, 7) is 2.13. The number of ether oxygens (including phenoxy) is 2. The number of benzene rings is 1. The molecule has 0 N–H and O–H groups in total. The summed E-state index contributed by atoms with van der Waals surface area (Å²) in [4.78, 5) is 11.0. The lowest BCUT2D eigenvalue weighted by molar-refractivity contribution is 0.0596. The Labute approximate surface area is 104 Å². The quantitative estimate of drug-likeness (QED) is 0.620. The molecule has 0 radical (unpaired) electrons. The molecule has 0 spiro atoms. The Morgan fingerprint density at radius 3 is 2.53 bits per heavy atom. The third kappa shape index (κ3) is 3.34. The van der Waals surface area contributed by atoms with E-state index in [0.29, 0.717) is 12.4 Å². The molecule has 1 aromatic carbocycles. The standard InChI is InChI=1S/C10H11ClO5S/c1-3-16-7-4-5-8(10(12)15-2)9(6-7)17(11,13)14/h4-6H,3H2,1-2H3. The highest BCUT2D eigenvalue weighted by Gasteiger charge is 2.22. The highest BCUT2D eigenvalue weighted by molar-refractivity contribution is 8.13. The molecule has 1 aromatic rings. The van der Waals surface area contributed by atoms with Crippen molar-refractivity contribution in [1.29, 1.82) is 0 Å². The van der Waals surface area contributed by atoms with Crippen molar-refractivity contribution in [3.63, 3.8) is 0 Å². The zero-order valence-corrected chi connectivity index (χ0v) is 10.8. The number of halogens is 1. The van der Waals surface area contributed by atoms with Gasteiger partial charge in [0.2, 0.25) is 0 Å². The first-order valence-corrected chi connectivity index (χ1v) is 7.01. The van der Waals surface area contributed by atoms with Crippen molar-refractivity contribution in [2.75, 3.05) is 13.7 Å². The van der Waals surface area contributed by atoms with Crippen molar-refractivity contribution in [3.8, 4) is 5.75 Å². The third-order valence-corrected chi connectivity index (χ3v) is 3.29. The summed E-state index contributed by atoms with van der Waals surface area (Å²) in [6.07, 6.45) is 0. The Balaban J connectivity index is 3.37. The van der Waals surface area contributed by atoms with Crippen LogP contribution in [0.3, 0.4) is 0 Å². The molecule has 1 rings (SSSR count). The SMILES string of the molecule is CCOc1ccc(C(=O)OC)c(S(=O)(=O)Cl)c1. The van der Waals surface area contributed by atoms with Crippen LogP contribution in [0.1, 0.15) is 17.3 Å². The summed E-state index contributed by atoms with van der Waals surface area (Å²) in [5.74, 6) is -0.452. The highest BCUT2D eigenvalue weighted by atomic mass is 35.7. The van der Waals surface area contributed by atoms with Crippen molar-refractivity contribution >= 4 is 25.7 Å². The van der Waals surface area contributed by atoms with E-state index in [4.69, 9.17) is 15.4 Å². The van der Waals surface area contributed by atoms with Crippen LogP contribution in [0.15, 0.2) is 23.1 Å². The maximum Gasteiger partial charge on any atom is 0.339 e. The lowest BCUT2D eigenvalue weighted by atomic mass is 10.2. The molecule has 0 aliphatic rings.